The minimum Gasteiger partial charge on any atom is -0.480 e. The van der Waals surface area contributed by atoms with Gasteiger partial charge in [0.15, 0.2) is 5.16 Å². The van der Waals surface area contributed by atoms with E-state index < -0.39 is 10.7 Å². The molecule has 2 aromatic carbocycles. The maximum absolute atomic E-state index is 11.4. The second-order valence-corrected chi connectivity index (χ2v) is 7.63. The molecule has 0 aliphatic heterocycles. The van der Waals surface area contributed by atoms with Gasteiger partial charge in [0.2, 0.25) is 0 Å². The van der Waals surface area contributed by atoms with E-state index in [9.17, 15) is 9.90 Å². The topological polar surface area (TPSA) is 68.0 Å². The van der Waals surface area contributed by atoms with E-state index in [0.717, 1.165) is 17.5 Å². The summed E-state index contributed by atoms with van der Waals surface area (Å²) in [6.45, 7) is 5.46. The molecular weight excluding hydrogens is 322 g/mol. The molecule has 0 radical (unpaired) electrons. The van der Waals surface area contributed by atoms with Crippen LogP contribution in [0.3, 0.4) is 0 Å². The van der Waals surface area contributed by atoms with Crippen LogP contribution < -0.4 is 0 Å². The van der Waals surface area contributed by atoms with Crippen molar-refractivity contribution >= 4 is 28.5 Å². The first-order chi connectivity index (χ1) is 11.4. The van der Waals surface area contributed by atoms with Gasteiger partial charge in [0.25, 0.3) is 0 Å². The number of carbonyl (C=O) groups is 1. The van der Waals surface area contributed by atoms with Gasteiger partial charge in [-0.3, -0.25) is 9.36 Å². The molecule has 0 fully saturated rings. The number of rotatable bonds is 5. The van der Waals surface area contributed by atoms with Crippen molar-refractivity contribution in [3.8, 4) is 5.69 Å². The molecule has 1 aromatic heterocycles. The molecule has 0 saturated carbocycles. The van der Waals surface area contributed by atoms with Crippen LogP contribution in [0, 0.1) is 0 Å². The maximum Gasteiger partial charge on any atom is 0.319 e. The standard InChI is InChI=1S/C18H19N3O2S/c1-4-12-9-10-15(14-8-6-5-7-13(12)14)21-11-19-20-17(21)24-18(2,3)16(22)23/h5-11H,4H2,1-3H3,(H,22,23). The Morgan fingerprint density at radius 1 is 1.21 bits per heavy atom. The van der Waals surface area contributed by atoms with Gasteiger partial charge in [-0.2, -0.15) is 0 Å². The number of carboxylic acids is 1. The number of aromatic nitrogens is 3. The lowest BCUT2D eigenvalue weighted by Crippen LogP contribution is -2.27. The van der Waals surface area contributed by atoms with Crippen LogP contribution in [0.4, 0.5) is 0 Å². The number of benzene rings is 2. The number of thioether (sulfide) groups is 1. The SMILES string of the molecule is CCc1ccc(-n2cnnc2SC(C)(C)C(=O)O)c2ccccc12. The average Bonchev–Trinajstić information content (AvgIpc) is 3.00. The summed E-state index contributed by atoms with van der Waals surface area (Å²) in [4.78, 5) is 11.4. The zero-order valence-corrected chi connectivity index (χ0v) is 14.7. The van der Waals surface area contributed by atoms with Crippen LogP contribution in [0.2, 0.25) is 0 Å². The summed E-state index contributed by atoms with van der Waals surface area (Å²) >= 11 is 1.19. The van der Waals surface area contributed by atoms with Gasteiger partial charge in [0.05, 0.1) is 5.69 Å². The number of hydrogen-bond acceptors (Lipinski definition) is 4. The molecule has 1 heterocycles. The first-order valence-electron chi connectivity index (χ1n) is 7.77. The minimum atomic E-state index is -0.982. The van der Waals surface area contributed by atoms with Gasteiger partial charge in [-0.15, -0.1) is 10.2 Å². The molecule has 3 aromatic rings. The smallest absolute Gasteiger partial charge is 0.319 e. The van der Waals surface area contributed by atoms with E-state index in [-0.39, 0.29) is 0 Å². The van der Waals surface area contributed by atoms with E-state index in [1.54, 1.807) is 20.2 Å². The molecule has 0 spiro atoms. The van der Waals surface area contributed by atoms with Crippen LogP contribution in [-0.2, 0) is 11.2 Å². The zero-order valence-electron chi connectivity index (χ0n) is 13.9. The highest BCUT2D eigenvalue weighted by Crippen LogP contribution is 2.34. The zero-order chi connectivity index (χ0) is 17.3. The summed E-state index contributed by atoms with van der Waals surface area (Å²) in [5.41, 5.74) is 2.24. The third kappa shape index (κ3) is 2.89. The molecule has 0 atom stereocenters. The summed E-state index contributed by atoms with van der Waals surface area (Å²) in [6.07, 6.45) is 2.59. The molecule has 0 bridgehead atoms. The van der Waals surface area contributed by atoms with Gasteiger partial charge in [-0.25, -0.2) is 0 Å². The number of nitrogens with zero attached hydrogens (tertiary/aromatic N) is 3. The fourth-order valence-corrected chi connectivity index (χ4v) is 3.47. The fourth-order valence-electron chi connectivity index (χ4n) is 2.60. The first-order valence-corrected chi connectivity index (χ1v) is 8.59. The predicted octanol–water partition coefficient (Wildman–Crippen LogP) is 3.94. The Bertz CT molecular complexity index is 902. The largest absolute Gasteiger partial charge is 0.480 e. The second kappa shape index (κ2) is 6.28. The van der Waals surface area contributed by atoms with Crippen molar-refractivity contribution in [1.82, 2.24) is 14.8 Å². The summed E-state index contributed by atoms with van der Waals surface area (Å²) in [5.74, 6) is -0.881. The monoisotopic (exact) mass is 341 g/mol. The Kier molecular flexibility index (Phi) is 4.32. The third-order valence-electron chi connectivity index (χ3n) is 4.01. The number of hydrogen-bond donors (Lipinski definition) is 1. The lowest BCUT2D eigenvalue weighted by atomic mass is 10.0. The van der Waals surface area contributed by atoms with Gasteiger partial charge >= 0.3 is 5.97 Å². The number of aryl methyl sites for hydroxylation is 1. The highest BCUT2D eigenvalue weighted by Gasteiger charge is 2.31. The van der Waals surface area contributed by atoms with Gasteiger partial charge in [0, 0.05) is 5.39 Å². The van der Waals surface area contributed by atoms with Gasteiger partial charge < -0.3 is 5.11 Å². The van der Waals surface area contributed by atoms with Crippen LogP contribution in [0.25, 0.3) is 16.5 Å². The quantitative estimate of drug-likeness (QED) is 0.712. The molecule has 124 valence electrons. The summed E-state index contributed by atoms with van der Waals surface area (Å²) in [7, 11) is 0. The van der Waals surface area contributed by atoms with Crippen LogP contribution in [0.5, 0.6) is 0 Å². The van der Waals surface area contributed by atoms with Crippen LogP contribution >= 0.6 is 11.8 Å². The van der Waals surface area contributed by atoms with Crippen molar-refractivity contribution in [2.24, 2.45) is 0 Å². The van der Waals surface area contributed by atoms with Crippen molar-refractivity contribution in [2.75, 3.05) is 0 Å². The lowest BCUT2D eigenvalue weighted by molar-refractivity contribution is -0.138. The first kappa shape index (κ1) is 16.5. The second-order valence-electron chi connectivity index (χ2n) is 6.04. The van der Waals surface area contributed by atoms with E-state index in [4.69, 9.17) is 0 Å². The molecule has 6 heteroatoms. The lowest BCUT2D eigenvalue weighted by Gasteiger charge is -2.18. The van der Waals surface area contributed by atoms with Crippen molar-refractivity contribution < 1.29 is 9.90 Å². The van der Waals surface area contributed by atoms with Crippen molar-refractivity contribution in [3.05, 3.63) is 48.3 Å². The Labute approximate surface area is 144 Å². The molecule has 24 heavy (non-hydrogen) atoms. The summed E-state index contributed by atoms with van der Waals surface area (Å²) < 4.78 is 0.876. The Morgan fingerprint density at radius 3 is 2.58 bits per heavy atom. The highest BCUT2D eigenvalue weighted by molar-refractivity contribution is 8.01. The normalized spacial score (nSPS) is 11.8. The Morgan fingerprint density at radius 2 is 1.92 bits per heavy atom. The number of carboxylic acid groups (broad SMARTS) is 1. The van der Waals surface area contributed by atoms with E-state index in [1.165, 1.54) is 22.7 Å². The Balaban J connectivity index is 2.14. The van der Waals surface area contributed by atoms with Crippen molar-refractivity contribution in [1.29, 1.82) is 0 Å². The van der Waals surface area contributed by atoms with Crippen LogP contribution in [0.1, 0.15) is 26.3 Å². The Hall–Kier alpha value is -2.34. The molecule has 5 nitrogen and oxygen atoms in total. The van der Waals surface area contributed by atoms with Crippen LogP contribution in [-0.4, -0.2) is 30.6 Å². The highest BCUT2D eigenvalue weighted by atomic mass is 32.2. The van der Waals surface area contributed by atoms with E-state index >= 15 is 0 Å². The predicted molar refractivity (Wildman–Crippen MR) is 95.8 cm³/mol. The molecule has 0 saturated heterocycles. The van der Waals surface area contributed by atoms with Crippen LogP contribution in [0.15, 0.2) is 47.9 Å². The van der Waals surface area contributed by atoms with Gasteiger partial charge in [-0.1, -0.05) is 49.0 Å². The maximum atomic E-state index is 11.4. The molecule has 0 aliphatic rings. The summed E-state index contributed by atoms with van der Waals surface area (Å²) in [5, 5.41) is 20.3. The molecule has 0 unspecified atom stereocenters. The minimum absolute atomic E-state index is 0.566. The fraction of sp³-hybridized carbons (Fsp3) is 0.278. The molecule has 3 rings (SSSR count). The van der Waals surface area contributed by atoms with E-state index in [1.807, 2.05) is 22.8 Å². The molecule has 0 amide bonds. The number of aliphatic carboxylic acids is 1. The van der Waals surface area contributed by atoms with Gasteiger partial charge in [-0.05, 0) is 37.3 Å². The third-order valence-corrected chi connectivity index (χ3v) is 5.16. The molecule has 1 N–H and O–H groups in total. The summed E-state index contributed by atoms with van der Waals surface area (Å²) in [6, 6.07) is 12.4. The molecule has 0 aliphatic carbocycles. The van der Waals surface area contributed by atoms with Crippen molar-refractivity contribution in [2.45, 2.75) is 37.1 Å². The van der Waals surface area contributed by atoms with E-state index in [0.29, 0.717) is 5.16 Å². The van der Waals surface area contributed by atoms with Gasteiger partial charge in [0.1, 0.15) is 11.1 Å². The number of fused-ring (bicyclic) bond motifs is 1. The average molecular weight is 341 g/mol. The molecular formula is C18H19N3O2S. The van der Waals surface area contributed by atoms with E-state index in [2.05, 4.69) is 35.3 Å². The van der Waals surface area contributed by atoms with Crippen molar-refractivity contribution in [3.63, 3.8) is 0 Å².